The largest absolute Gasteiger partial charge is 0.478 e. The normalized spacial score (nSPS) is 10.6. The maximum Gasteiger partial charge on any atom is 0.335 e. The smallest absolute Gasteiger partial charge is 0.335 e. The van der Waals surface area contributed by atoms with Crippen LogP contribution in [0.4, 0.5) is 0 Å². The van der Waals surface area contributed by atoms with Gasteiger partial charge in [-0.2, -0.15) is 0 Å². The van der Waals surface area contributed by atoms with Gasteiger partial charge in [-0.1, -0.05) is 70.1 Å². The van der Waals surface area contributed by atoms with Crippen LogP contribution >= 0.6 is 0 Å². The number of hydrogen-bond donors (Lipinski definition) is 1. The first-order chi connectivity index (χ1) is 9.25. The van der Waals surface area contributed by atoms with Crippen LogP contribution in [0, 0.1) is 6.42 Å². The molecular formula is C17H25O2. The minimum atomic E-state index is -0.841. The molecule has 0 unspecified atom stereocenters. The van der Waals surface area contributed by atoms with Gasteiger partial charge in [-0.25, -0.2) is 4.79 Å². The highest BCUT2D eigenvalue weighted by molar-refractivity contribution is 5.89. The SMILES string of the molecule is CCCCCCCCC[CH]c1ccccc1C(=O)O. The number of carboxylic acids is 1. The highest BCUT2D eigenvalue weighted by atomic mass is 16.4. The molecule has 0 aliphatic rings. The van der Waals surface area contributed by atoms with Gasteiger partial charge >= 0.3 is 5.97 Å². The molecule has 1 aromatic carbocycles. The van der Waals surface area contributed by atoms with Crippen LogP contribution in [0.2, 0.25) is 0 Å². The predicted octanol–water partition coefficient (Wildman–Crippen LogP) is 5.08. The van der Waals surface area contributed by atoms with Crippen molar-refractivity contribution in [3.8, 4) is 0 Å². The van der Waals surface area contributed by atoms with E-state index < -0.39 is 5.97 Å². The number of hydrogen-bond acceptors (Lipinski definition) is 1. The molecule has 0 fully saturated rings. The number of aromatic carboxylic acids is 1. The molecule has 0 aliphatic carbocycles. The molecule has 105 valence electrons. The lowest BCUT2D eigenvalue weighted by Crippen LogP contribution is -2.01. The molecule has 0 aromatic heterocycles. The van der Waals surface area contributed by atoms with Crippen LogP contribution in [0.3, 0.4) is 0 Å². The molecule has 0 aliphatic heterocycles. The zero-order valence-electron chi connectivity index (χ0n) is 11.9. The molecule has 0 amide bonds. The summed E-state index contributed by atoms with van der Waals surface area (Å²) in [4.78, 5) is 11.0. The van der Waals surface area contributed by atoms with Gasteiger partial charge in [-0.05, 0) is 24.5 Å². The molecule has 0 atom stereocenters. The lowest BCUT2D eigenvalue weighted by Gasteiger charge is -2.05. The zero-order valence-corrected chi connectivity index (χ0v) is 11.9. The fourth-order valence-corrected chi connectivity index (χ4v) is 2.23. The third kappa shape index (κ3) is 6.42. The van der Waals surface area contributed by atoms with Crippen molar-refractivity contribution >= 4 is 5.97 Å². The number of carbonyl (C=O) groups is 1. The van der Waals surface area contributed by atoms with Crippen molar-refractivity contribution in [2.75, 3.05) is 0 Å². The standard InChI is InChI=1S/C17H25O2/c1-2-3-4-5-6-7-8-9-12-15-13-10-11-14-16(15)17(18)19/h10-14H,2-9H2,1H3,(H,18,19). The summed E-state index contributed by atoms with van der Waals surface area (Å²) in [5, 5.41) is 9.07. The van der Waals surface area contributed by atoms with Gasteiger partial charge in [0.2, 0.25) is 0 Å². The van der Waals surface area contributed by atoms with Gasteiger partial charge < -0.3 is 5.11 Å². The molecule has 0 spiro atoms. The van der Waals surface area contributed by atoms with Crippen LogP contribution in [-0.4, -0.2) is 11.1 Å². The summed E-state index contributed by atoms with van der Waals surface area (Å²) < 4.78 is 0. The monoisotopic (exact) mass is 261 g/mol. The van der Waals surface area contributed by atoms with Gasteiger partial charge in [0.25, 0.3) is 0 Å². The molecule has 1 N–H and O–H groups in total. The zero-order chi connectivity index (χ0) is 13.9. The Morgan fingerprint density at radius 3 is 2.37 bits per heavy atom. The summed E-state index contributed by atoms with van der Waals surface area (Å²) in [6.07, 6.45) is 12.0. The molecular weight excluding hydrogens is 236 g/mol. The fourth-order valence-electron chi connectivity index (χ4n) is 2.23. The molecule has 2 nitrogen and oxygen atoms in total. The van der Waals surface area contributed by atoms with E-state index in [2.05, 4.69) is 13.3 Å². The first-order valence-corrected chi connectivity index (χ1v) is 7.41. The molecule has 1 rings (SSSR count). The molecule has 0 bridgehead atoms. The second kappa shape index (κ2) is 9.60. The molecule has 0 saturated carbocycles. The summed E-state index contributed by atoms with van der Waals surface area (Å²) >= 11 is 0. The van der Waals surface area contributed by atoms with Crippen molar-refractivity contribution in [1.82, 2.24) is 0 Å². The number of unbranched alkanes of at least 4 members (excludes halogenated alkanes) is 7. The fraction of sp³-hybridized carbons (Fsp3) is 0.529. The molecule has 2 heteroatoms. The summed E-state index contributed by atoms with van der Waals surface area (Å²) in [5.41, 5.74) is 1.26. The minimum absolute atomic E-state index is 0.408. The maximum absolute atomic E-state index is 11.0. The van der Waals surface area contributed by atoms with E-state index in [0.29, 0.717) is 5.56 Å². The molecule has 0 saturated heterocycles. The maximum atomic E-state index is 11.0. The third-order valence-corrected chi connectivity index (χ3v) is 3.36. The van der Waals surface area contributed by atoms with Crippen LogP contribution in [0.25, 0.3) is 0 Å². The minimum Gasteiger partial charge on any atom is -0.478 e. The summed E-state index contributed by atoms with van der Waals surface area (Å²) in [6, 6.07) is 7.21. The Hall–Kier alpha value is -1.31. The van der Waals surface area contributed by atoms with Gasteiger partial charge in [0.05, 0.1) is 5.56 Å². The average molecular weight is 261 g/mol. The van der Waals surface area contributed by atoms with Crippen LogP contribution in [-0.2, 0) is 0 Å². The Morgan fingerprint density at radius 1 is 1.05 bits per heavy atom. The summed E-state index contributed by atoms with van der Waals surface area (Å²) in [7, 11) is 0. The van der Waals surface area contributed by atoms with Gasteiger partial charge in [0.1, 0.15) is 0 Å². The number of benzene rings is 1. The van der Waals surface area contributed by atoms with Gasteiger partial charge in [0.15, 0.2) is 0 Å². The Bertz CT molecular complexity index is 371. The van der Waals surface area contributed by atoms with Crippen LogP contribution < -0.4 is 0 Å². The highest BCUT2D eigenvalue weighted by Gasteiger charge is 2.08. The summed E-state index contributed by atoms with van der Waals surface area (Å²) in [5.74, 6) is -0.841. The number of carboxylic acid groups (broad SMARTS) is 1. The Labute approximate surface area is 116 Å². The molecule has 1 radical (unpaired) electrons. The first-order valence-electron chi connectivity index (χ1n) is 7.41. The van der Waals surface area contributed by atoms with Crippen LogP contribution in [0.15, 0.2) is 24.3 Å². The van der Waals surface area contributed by atoms with Crippen molar-refractivity contribution in [3.63, 3.8) is 0 Å². The van der Waals surface area contributed by atoms with Gasteiger partial charge in [-0.3, -0.25) is 0 Å². The number of rotatable bonds is 10. The van der Waals surface area contributed by atoms with Crippen molar-refractivity contribution in [3.05, 3.63) is 41.8 Å². The Kier molecular flexibility index (Phi) is 7.95. The average Bonchev–Trinajstić information content (AvgIpc) is 2.42. The van der Waals surface area contributed by atoms with E-state index in [4.69, 9.17) is 5.11 Å². The van der Waals surface area contributed by atoms with Gasteiger partial charge in [0, 0.05) is 0 Å². The van der Waals surface area contributed by atoms with Crippen LogP contribution in [0.5, 0.6) is 0 Å². The predicted molar refractivity (Wildman–Crippen MR) is 79.4 cm³/mol. The summed E-state index contributed by atoms with van der Waals surface area (Å²) in [6.45, 7) is 2.23. The first kappa shape index (κ1) is 15.7. The van der Waals surface area contributed by atoms with Crippen molar-refractivity contribution < 1.29 is 9.90 Å². The van der Waals surface area contributed by atoms with Crippen molar-refractivity contribution in [1.29, 1.82) is 0 Å². The van der Waals surface area contributed by atoms with E-state index in [1.807, 2.05) is 12.1 Å². The van der Waals surface area contributed by atoms with E-state index >= 15 is 0 Å². The van der Waals surface area contributed by atoms with E-state index in [1.54, 1.807) is 12.1 Å². The van der Waals surface area contributed by atoms with E-state index in [0.717, 1.165) is 18.4 Å². The lowest BCUT2D eigenvalue weighted by molar-refractivity contribution is 0.0696. The second-order valence-corrected chi connectivity index (χ2v) is 5.01. The van der Waals surface area contributed by atoms with E-state index in [1.165, 1.54) is 38.5 Å². The van der Waals surface area contributed by atoms with E-state index in [-0.39, 0.29) is 0 Å². The quantitative estimate of drug-likeness (QED) is 0.596. The Morgan fingerprint density at radius 2 is 1.68 bits per heavy atom. The third-order valence-electron chi connectivity index (χ3n) is 3.36. The van der Waals surface area contributed by atoms with Crippen molar-refractivity contribution in [2.24, 2.45) is 0 Å². The Balaban J connectivity index is 2.17. The van der Waals surface area contributed by atoms with Crippen LogP contribution in [0.1, 0.15) is 74.2 Å². The van der Waals surface area contributed by atoms with Gasteiger partial charge in [-0.15, -0.1) is 0 Å². The highest BCUT2D eigenvalue weighted by Crippen LogP contribution is 2.16. The second-order valence-electron chi connectivity index (χ2n) is 5.01. The molecule has 0 heterocycles. The van der Waals surface area contributed by atoms with E-state index in [9.17, 15) is 4.79 Å². The molecule has 19 heavy (non-hydrogen) atoms. The van der Waals surface area contributed by atoms with Crippen molar-refractivity contribution in [2.45, 2.75) is 58.3 Å². The lowest BCUT2D eigenvalue weighted by atomic mass is 10.0. The topological polar surface area (TPSA) is 37.3 Å². The molecule has 1 aromatic rings.